The van der Waals surface area contributed by atoms with E-state index in [1.807, 2.05) is 6.07 Å². The van der Waals surface area contributed by atoms with Gasteiger partial charge in [0.1, 0.15) is 11.5 Å². The largest absolute Gasteiger partial charge is 0.497 e. The van der Waals surface area contributed by atoms with Crippen LogP contribution in [-0.4, -0.2) is 32.7 Å². The number of rotatable bonds is 8. The fourth-order valence-electron chi connectivity index (χ4n) is 2.19. The quantitative estimate of drug-likeness (QED) is 0.554. The van der Waals surface area contributed by atoms with Crippen molar-refractivity contribution < 1.29 is 23.8 Å². The topological polar surface area (TPSA) is 73.9 Å². The van der Waals surface area contributed by atoms with E-state index in [0.717, 1.165) is 5.56 Å². The summed E-state index contributed by atoms with van der Waals surface area (Å²) in [6.45, 7) is -0.123. The first-order chi connectivity index (χ1) is 13.0. The molecule has 0 heterocycles. The van der Waals surface area contributed by atoms with Crippen molar-refractivity contribution in [2.45, 2.75) is 6.54 Å². The minimum Gasteiger partial charge on any atom is -0.497 e. The van der Waals surface area contributed by atoms with Crippen molar-refractivity contribution >= 4 is 29.6 Å². The molecule has 0 bridgehead atoms. The van der Waals surface area contributed by atoms with Gasteiger partial charge in [0.2, 0.25) is 0 Å². The highest BCUT2D eigenvalue weighted by atomic mass is 35.5. The SMILES string of the molecule is COc1ccc(/C=C/C(=O)OCC(=O)NCc2ccccc2Cl)c(OC)c1. The van der Waals surface area contributed by atoms with Crippen LogP contribution in [0.25, 0.3) is 6.08 Å². The Bertz CT molecular complexity index is 835. The standard InChI is InChI=1S/C20H20ClNO5/c1-25-16-9-7-14(18(11-16)26-2)8-10-20(24)27-13-19(23)22-12-15-5-3-4-6-17(15)21/h3-11H,12-13H2,1-2H3,(H,22,23)/b10-8+. The number of amides is 1. The lowest BCUT2D eigenvalue weighted by molar-refractivity contribution is -0.143. The predicted octanol–water partition coefficient (Wildman–Crippen LogP) is 3.23. The molecule has 0 aromatic heterocycles. The van der Waals surface area contributed by atoms with E-state index in [1.54, 1.807) is 49.6 Å². The lowest BCUT2D eigenvalue weighted by Crippen LogP contribution is -2.28. The Morgan fingerprint density at radius 1 is 1.11 bits per heavy atom. The van der Waals surface area contributed by atoms with Crippen LogP contribution in [0.2, 0.25) is 5.02 Å². The van der Waals surface area contributed by atoms with Gasteiger partial charge in [-0.2, -0.15) is 0 Å². The molecule has 0 radical (unpaired) electrons. The summed E-state index contributed by atoms with van der Waals surface area (Å²) in [6.07, 6.45) is 2.77. The van der Waals surface area contributed by atoms with E-state index in [0.29, 0.717) is 22.1 Å². The number of nitrogens with one attached hydrogen (secondary N) is 1. The van der Waals surface area contributed by atoms with Crippen LogP contribution < -0.4 is 14.8 Å². The van der Waals surface area contributed by atoms with Gasteiger partial charge >= 0.3 is 5.97 Å². The van der Waals surface area contributed by atoms with E-state index >= 15 is 0 Å². The van der Waals surface area contributed by atoms with Crippen LogP contribution in [0.1, 0.15) is 11.1 Å². The lowest BCUT2D eigenvalue weighted by Gasteiger charge is -2.08. The van der Waals surface area contributed by atoms with Gasteiger partial charge in [-0.15, -0.1) is 0 Å². The fraction of sp³-hybridized carbons (Fsp3) is 0.200. The smallest absolute Gasteiger partial charge is 0.331 e. The highest BCUT2D eigenvalue weighted by Crippen LogP contribution is 2.25. The summed E-state index contributed by atoms with van der Waals surface area (Å²) in [5.41, 5.74) is 1.46. The third-order valence-electron chi connectivity index (χ3n) is 3.62. The molecule has 0 unspecified atom stereocenters. The molecule has 0 fully saturated rings. The summed E-state index contributed by atoms with van der Waals surface area (Å²) in [6, 6.07) is 12.4. The number of halogens is 1. The van der Waals surface area contributed by atoms with Gasteiger partial charge in [-0.05, 0) is 29.8 Å². The highest BCUT2D eigenvalue weighted by molar-refractivity contribution is 6.31. The number of carbonyl (C=O) groups excluding carboxylic acids is 2. The van der Waals surface area contributed by atoms with Gasteiger partial charge in [-0.25, -0.2) is 4.79 Å². The third kappa shape index (κ3) is 6.34. The van der Waals surface area contributed by atoms with E-state index in [2.05, 4.69) is 5.32 Å². The first-order valence-corrected chi connectivity index (χ1v) is 8.48. The summed E-state index contributed by atoms with van der Waals surface area (Å²) >= 11 is 6.01. The second kappa shape index (κ2) is 10.2. The average molecular weight is 390 g/mol. The summed E-state index contributed by atoms with van der Waals surface area (Å²) in [5.74, 6) is 0.136. The number of esters is 1. The van der Waals surface area contributed by atoms with Gasteiger partial charge in [-0.1, -0.05) is 29.8 Å². The maximum atomic E-state index is 11.8. The third-order valence-corrected chi connectivity index (χ3v) is 3.99. The molecule has 2 aromatic carbocycles. The molecule has 0 atom stereocenters. The normalized spacial score (nSPS) is 10.5. The Balaban J connectivity index is 1.82. The highest BCUT2D eigenvalue weighted by Gasteiger charge is 2.07. The number of hydrogen-bond donors (Lipinski definition) is 1. The summed E-state index contributed by atoms with van der Waals surface area (Å²) in [5, 5.41) is 3.20. The zero-order chi connectivity index (χ0) is 19.6. The summed E-state index contributed by atoms with van der Waals surface area (Å²) in [4.78, 5) is 23.6. The second-order valence-electron chi connectivity index (χ2n) is 5.42. The molecule has 0 aliphatic heterocycles. The number of hydrogen-bond acceptors (Lipinski definition) is 5. The van der Waals surface area contributed by atoms with E-state index in [4.69, 9.17) is 25.8 Å². The first-order valence-electron chi connectivity index (χ1n) is 8.10. The van der Waals surface area contributed by atoms with Crippen molar-refractivity contribution in [1.29, 1.82) is 0 Å². The zero-order valence-electron chi connectivity index (χ0n) is 15.0. The molecule has 0 saturated carbocycles. The zero-order valence-corrected chi connectivity index (χ0v) is 15.8. The van der Waals surface area contributed by atoms with Crippen molar-refractivity contribution in [3.63, 3.8) is 0 Å². The van der Waals surface area contributed by atoms with Gasteiger partial charge in [-0.3, -0.25) is 4.79 Å². The molecular weight excluding hydrogens is 370 g/mol. The summed E-state index contributed by atoms with van der Waals surface area (Å²) in [7, 11) is 3.08. The Morgan fingerprint density at radius 3 is 2.59 bits per heavy atom. The Morgan fingerprint density at radius 2 is 1.89 bits per heavy atom. The van der Waals surface area contributed by atoms with Gasteiger partial charge < -0.3 is 19.5 Å². The minimum atomic E-state index is -0.638. The molecule has 142 valence electrons. The lowest BCUT2D eigenvalue weighted by atomic mass is 10.2. The van der Waals surface area contributed by atoms with E-state index in [1.165, 1.54) is 13.2 Å². The second-order valence-corrected chi connectivity index (χ2v) is 5.82. The Hall–Kier alpha value is -2.99. The number of benzene rings is 2. The average Bonchev–Trinajstić information content (AvgIpc) is 2.69. The Kier molecular flexibility index (Phi) is 7.70. The van der Waals surface area contributed by atoms with Gasteiger partial charge in [0.15, 0.2) is 6.61 Å². The van der Waals surface area contributed by atoms with Crippen molar-refractivity contribution in [3.8, 4) is 11.5 Å². The number of methoxy groups -OCH3 is 2. The molecule has 2 aromatic rings. The molecule has 6 nitrogen and oxygen atoms in total. The van der Waals surface area contributed by atoms with Crippen molar-refractivity contribution in [1.82, 2.24) is 5.32 Å². The predicted molar refractivity (Wildman–Crippen MR) is 103 cm³/mol. The minimum absolute atomic E-state index is 0.259. The van der Waals surface area contributed by atoms with E-state index < -0.39 is 11.9 Å². The molecule has 2 rings (SSSR count). The van der Waals surface area contributed by atoms with Gasteiger partial charge in [0.05, 0.1) is 14.2 Å². The van der Waals surface area contributed by atoms with Crippen LogP contribution in [0.15, 0.2) is 48.5 Å². The van der Waals surface area contributed by atoms with Crippen molar-refractivity contribution in [2.24, 2.45) is 0 Å². The molecular formula is C20H20ClNO5. The van der Waals surface area contributed by atoms with Gasteiger partial charge in [0.25, 0.3) is 5.91 Å². The molecule has 7 heteroatoms. The Labute approximate surface area is 162 Å². The van der Waals surface area contributed by atoms with Crippen LogP contribution in [0.3, 0.4) is 0 Å². The molecule has 1 N–H and O–H groups in total. The van der Waals surface area contributed by atoms with Crippen LogP contribution >= 0.6 is 11.6 Å². The van der Waals surface area contributed by atoms with Crippen LogP contribution in [0, 0.1) is 0 Å². The van der Waals surface area contributed by atoms with Crippen LogP contribution in [0.5, 0.6) is 11.5 Å². The molecule has 27 heavy (non-hydrogen) atoms. The summed E-state index contributed by atoms with van der Waals surface area (Å²) < 4.78 is 15.3. The number of carbonyl (C=O) groups is 2. The maximum absolute atomic E-state index is 11.8. The molecule has 0 spiro atoms. The van der Waals surface area contributed by atoms with E-state index in [-0.39, 0.29) is 13.2 Å². The fourth-order valence-corrected chi connectivity index (χ4v) is 2.39. The van der Waals surface area contributed by atoms with Gasteiger partial charge in [0, 0.05) is 29.3 Å². The maximum Gasteiger partial charge on any atom is 0.331 e. The molecule has 0 aliphatic rings. The van der Waals surface area contributed by atoms with Crippen LogP contribution in [0.4, 0.5) is 0 Å². The van der Waals surface area contributed by atoms with Crippen molar-refractivity contribution in [3.05, 3.63) is 64.7 Å². The molecule has 1 amide bonds. The number of ether oxygens (including phenoxy) is 3. The van der Waals surface area contributed by atoms with Crippen LogP contribution in [-0.2, 0) is 20.9 Å². The van der Waals surface area contributed by atoms with Crippen molar-refractivity contribution in [2.75, 3.05) is 20.8 Å². The first kappa shape index (κ1) is 20.3. The molecule has 0 aliphatic carbocycles. The molecule has 0 saturated heterocycles. The monoisotopic (exact) mass is 389 g/mol. The van der Waals surface area contributed by atoms with E-state index in [9.17, 15) is 9.59 Å².